The fraction of sp³-hybridized carbons (Fsp3) is 0.0704. The van der Waals surface area contributed by atoms with Crippen molar-refractivity contribution >= 4 is 54.9 Å². The zero-order valence-electron chi connectivity index (χ0n) is 40.5. The first-order valence-corrected chi connectivity index (χ1v) is 26.0. The average Bonchev–Trinajstić information content (AvgIpc) is 4.07. The van der Waals surface area contributed by atoms with Crippen molar-refractivity contribution < 1.29 is 9.15 Å². The van der Waals surface area contributed by atoms with Gasteiger partial charge in [0.25, 0.3) is 0 Å². The fourth-order valence-electron chi connectivity index (χ4n) is 14.0. The summed E-state index contributed by atoms with van der Waals surface area (Å²) in [7, 11) is 0. The van der Waals surface area contributed by atoms with Gasteiger partial charge in [0.2, 0.25) is 0 Å². The Balaban J connectivity index is 0.971. The molecular weight excluding hydrogens is 899 g/mol. The number of nitrogens with zero attached hydrogens (tertiary/aromatic N) is 1. The van der Waals surface area contributed by atoms with Crippen LogP contribution in [0.4, 0.5) is 11.4 Å². The van der Waals surface area contributed by atoms with Gasteiger partial charge in [-0.05, 0) is 104 Å². The van der Waals surface area contributed by atoms with E-state index in [2.05, 4.69) is 260 Å². The van der Waals surface area contributed by atoms with Gasteiger partial charge in [-0.15, -0.1) is 0 Å². The second-order valence-electron chi connectivity index (χ2n) is 20.4. The maximum atomic E-state index is 7.35. The molecule has 11 aromatic rings. The molecule has 1 atom stereocenters. The highest BCUT2D eigenvalue weighted by molar-refractivity contribution is 6.07. The largest absolute Gasteiger partial charge is 0.456 e. The molecule has 10 aromatic carbocycles. The van der Waals surface area contributed by atoms with Crippen LogP contribution in [-0.2, 0) is 10.8 Å². The topological polar surface area (TPSA) is 25.6 Å². The minimum atomic E-state index is -0.699. The lowest BCUT2D eigenvalue weighted by molar-refractivity contribution is 0.447. The molecule has 348 valence electrons. The first kappa shape index (κ1) is 41.4. The number of para-hydroxylation sites is 1. The Morgan fingerprint density at radius 2 is 1.07 bits per heavy atom. The Bertz CT molecular complexity index is 4230. The molecule has 0 saturated heterocycles. The van der Waals surface area contributed by atoms with Crippen molar-refractivity contribution in [3.05, 3.63) is 311 Å². The van der Waals surface area contributed by atoms with E-state index in [-0.39, 0.29) is 6.04 Å². The first-order chi connectivity index (χ1) is 36.7. The van der Waals surface area contributed by atoms with Crippen molar-refractivity contribution in [1.29, 1.82) is 0 Å². The minimum absolute atomic E-state index is 0.194. The van der Waals surface area contributed by atoms with Crippen molar-refractivity contribution in [1.82, 2.24) is 0 Å². The van der Waals surface area contributed by atoms with Crippen LogP contribution in [0.5, 0.6) is 11.5 Å². The number of hydrogen-bond acceptors (Lipinski definition) is 3. The summed E-state index contributed by atoms with van der Waals surface area (Å²) in [5.74, 6) is 1.83. The molecule has 3 nitrogen and oxygen atoms in total. The van der Waals surface area contributed by atoms with Crippen LogP contribution in [0.1, 0.15) is 46.2 Å². The highest BCUT2D eigenvalue weighted by Crippen LogP contribution is 2.66. The molecule has 0 bridgehead atoms. The minimum Gasteiger partial charge on any atom is -0.456 e. The molecule has 5 aliphatic rings. The molecule has 16 rings (SSSR count). The molecular formula is C71H47NO2. The third kappa shape index (κ3) is 5.51. The average molecular weight is 946 g/mol. The van der Waals surface area contributed by atoms with Crippen molar-refractivity contribution in [2.24, 2.45) is 0 Å². The Hall–Kier alpha value is -9.18. The van der Waals surface area contributed by atoms with Crippen molar-refractivity contribution in [3.63, 3.8) is 0 Å². The zero-order chi connectivity index (χ0) is 48.5. The van der Waals surface area contributed by atoms with E-state index >= 15 is 0 Å². The normalized spacial score (nSPS) is 17.3. The Labute approximate surface area is 429 Å². The van der Waals surface area contributed by atoms with Gasteiger partial charge in [-0.25, -0.2) is 0 Å². The van der Waals surface area contributed by atoms with Crippen LogP contribution < -0.4 is 9.64 Å². The number of ether oxygens (including phenoxy) is 1. The number of benzene rings is 10. The van der Waals surface area contributed by atoms with Crippen LogP contribution >= 0.6 is 0 Å². The molecule has 0 amide bonds. The summed E-state index contributed by atoms with van der Waals surface area (Å²) in [6.45, 7) is 0. The van der Waals surface area contributed by atoms with Crippen LogP contribution in [0.2, 0.25) is 0 Å². The zero-order valence-corrected chi connectivity index (χ0v) is 40.5. The molecule has 3 heteroatoms. The molecule has 2 heterocycles. The standard InChI is InChI=1S/C71H47NO2/c1-3-20-47(21-4-1)70(48-22-5-2-6-23-48)58-29-14-11-26-53(58)54-39-36-49(37-42-60(54)70)72(50-38-43-66-57(44-50)55-27-13-16-33-65(55)73-66)64-32-17-31-61-67(64)56-28-12-15-30-59(56)71(61)62-40-34-45-18-7-9-24-51(45)68(62)74-69-52-25-10-8-19-46(52)35-41-63(69)71/h1-10,12-25,27-44,49H,11,26H2. The van der Waals surface area contributed by atoms with Gasteiger partial charge in [-0.1, -0.05) is 225 Å². The Kier molecular flexibility index (Phi) is 8.77. The third-order valence-electron chi connectivity index (χ3n) is 16.9. The van der Waals surface area contributed by atoms with Gasteiger partial charge in [0.1, 0.15) is 22.7 Å². The predicted octanol–water partition coefficient (Wildman–Crippen LogP) is 17.9. The van der Waals surface area contributed by atoms with Crippen molar-refractivity contribution in [2.45, 2.75) is 29.7 Å². The molecule has 0 fully saturated rings. The number of furan rings is 1. The molecule has 0 radical (unpaired) electrons. The van der Waals surface area contributed by atoms with Gasteiger partial charge < -0.3 is 14.1 Å². The van der Waals surface area contributed by atoms with Crippen molar-refractivity contribution in [3.8, 4) is 22.6 Å². The molecule has 1 aromatic heterocycles. The molecule has 74 heavy (non-hydrogen) atoms. The smallest absolute Gasteiger partial charge is 0.140 e. The highest BCUT2D eigenvalue weighted by Gasteiger charge is 2.53. The fourth-order valence-corrected chi connectivity index (χ4v) is 14.0. The number of rotatable bonds is 5. The van der Waals surface area contributed by atoms with Crippen LogP contribution in [0.15, 0.2) is 282 Å². The van der Waals surface area contributed by atoms with Crippen LogP contribution in [0.3, 0.4) is 0 Å². The maximum absolute atomic E-state index is 7.35. The molecule has 1 unspecified atom stereocenters. The van der Waals surface area contributed by atoms with E-state index in [1.165, 1.54) is 55.7 Å². The first-order valence-electron chi connectivity index (χ1n) is 26.0. The summed E-state index contributed by atoms with van der Waals surface area (Å²) < 4.78 is 13.9. The number of anilines is 2. The summed E-state index contributed by atoms with van der Waals surface area (Å²) in [5.41, 5.74) is 18.0. The van der Waals surface area contributed by atoms with Gasteiger partial charge in [-0.2, -0.15) is 0 Å². The summed E-state index contributed by atoms with van der Waals surface area (Å²) in [6.07, 6.45) is 16.7. The van der Waals surface area contributed by atoms with E-state index < -0.39 is 10.8 Å². The number of hydrogen-bond donors (Lipinski definition) is 0. The van der Waals surface area contributed by atoms with Gasteiger partial charge in [0.15, 0.2) is 0 Å². The van der Waals surface area contributed by atoms with Crippen LogP contribution in [0.25, 0.3) is 54.6 Å². The van der Waals surface area contributed by atoms with E-state index in [0.717, 1.165) is 90.3 Å². The number of fused-ring (bicyclic) bond motifs is 17. The second kappa shape index (κ2) is 15.7. The highest BCUT2D eigenvalue weighted by atomic mass is 16.5. The van der Waals surface area contributed by atoms with E-state index in [1.807, 2.05) is 0 Å². The molecule has 0 saturated carbocycles. The Morgan fingerprint density at radius 3 is 1.81 bits per heavy atom. The third-order valence-corrected chi connectivity index (χ3v) is 16.9. The second-order valence-corrected chi connectivity index (χ2v) is 20.4. The lowest BCUT2D eigenvalue weighted by Gasteiger charge is -2.40. The number of allylic oxidation sites excluding steroid dienone is 8. The predicted molar refractivity (Wildman–Crippen MR) is 303 cm³/mol. The molecule has 0 N–H and O–H groups in total. The van der Waals surface area contributed by atoms with E-state index in [4.69, 9.17) is 9.15 Å². The van der Waals surface area contributed by atoms with Gasteiger partial charge in [0.05, 0.1) is 22.6 Å². The molecule has 1 aliphatic heterocycles. The van der Waals surface area contributed by atoms with E-state index in [0.29, 0.717) is 0 Å². The van der Waals surface area contributed by atoms with E-state index in [9.17, 15) is 0 Å². The lowest BCUT2D eigenvalue weighted by Crippen LogP contribution is -2.33. The summed E-state index contributed by atoms with van der Waals surface area (Å²) >= 11 is 0. The van der Waals surface area contributed by atoms with Gasteiger partial charge in [-0.3, -0.25) is 0 Å². The quantitative estimate of drug-likeness (QED) is 0.172. The van der Waals surface area contributed by atoms with Gasteiger partial charge in [0, 0.05) is 43.9 Å². The SMILES string of the molecule is C1=CC2=C(CC1)C1=C(C=CC(N(c3ccc4oc5ccccc5c4c3)c3cccc4c3-c3ccccc3C43c4ccc5ccccc5c4Oc4c3ccc3ccccc43)C=C1)C2(c1ccccc1)c1ccccc1. The molecule has 4 aliphatic carbocycles. The summed E-state index contributed by atoms with van der Waals surface area (Å²) in [4.78, 5) is 2.59. The van der Waals surface area contributed by atoms with E-state index in [1.54, 1.807) is 0 Å². The summed E-state index contributed by atoms with van der Waals surface area (Å²) in [5, 5.41) is 6.72. The van der Waals surface area contributed by atoms with Gasteiger partial charge >= 0.3 is 0 Å². The van der Waals surface area contributed by atoms with Crippen molar-refractivity contribution in [2.75, 3.05) is 4.90 Å². The van der Waals surface area contributed by atoms with Crippen LogP contribution in [0, 0.1) is 0 Å². The lowest BCUT2D eigenvalue weighted by atomic mass is 9.65. The van der Waals surface area contributed by atoms with Crippen LogP contribution in [-0.4, -0.2) is 6.04 Å². The Morgan fingerprint density at radius 1 is 0.446 bits per heavy atom. The molecule has 1 spiro atoms. The maximum Gasteiger partial charge on any atom is 0.140 e. The summed E-state index contributed by atoms with van der Waals surface area (Å²) in [6, 6.07) is 80.1. The monoisotopic (exact) mass is 945 g/mol.